The number of nitrogens with one attached hydrogen (secondary N) is 1. The van der Waals surface area contributed by atoms with Crippen molar-refractivity contribution in [1.82, 2.24) is 5.32 Å². The SMILES string of the molecule is CCCCCCCCCCCC(CC(=O)NC1C(O)OC(CO)C(OS(=O)(=O)O)C1OC(=O)CCCCCCCCc1ccccc1)OC(=O)CCCCCCCCc1ccccc1. The van der Waals surface area contributed by atoms with Crippen molar-refractivity contribution >= 4 is 28.2 Å². The summed E-state index contributed by atoms with van der Waals surface area (Å²) in [5, 5.41) is 23.6. The van der Waals surface area contributed by atoms with Crippen LogP contribution in [0.25, 0.3) is 0 Å². The highest BCUT2D eigenvalue weighted by atomic mass is 32.3. The van der Waals surface area contributed by atoms with Crippen LogP contribution in [0.3, 0.4) is 0 Å². The molecule has 1 aliphatic heterocycles. The number of aliphatic hydroxyl groups is 2. The van der Waals surface area contributed by atoms with Crippen LogP contribution in [0.1, 0.15) is 179 Å². The molecule has 4 N–H and O–H groups in total. The van der Waals surface area contributed by atoms with Crippen LogP contribution >= 0.6 is 0 Å². The van der Waals surface area contributed by atoms with Gasteiger partial charge < -0.3 is 29.7 Å². The molecule has 362 valence electrons. The Morgan fingerprint density at radius 1 is 0.656 bits per heavy atom. The van der Waals surface area contributed by atoms with Crippen molar-refractivity contribution in [2.75, 3.05) is 6.61 Å². The van der Waals surface area contributed by atoms with Crippen LogP contribution < -0.4 is 5.32 Å². The van der Waals surface area contributed by atoms with Gasteiger partial charge >= 0.3 is 22.3 Å². The lowest BCUT2D eigenvalue weighted by atomic mass is 9.96. The molecular weight excluding hydrogens is 839 g/mol. The van der Waals surface area contributed by atoms with Gasteiger partial charge in [-0.3, -0.25) is 18.9 Å². The lowest BCUT2D eigenvalue weighted by Crippen LogP contribution is -2.66. The molecule has 1 aliphatic rings. The van der Waals surface area contributed by atoms with Gasteiger partial charge in [0.05, 0.1) is 13.0 Å². The van der Waals surface area contributed by atoms with Crippen molar-refractivity contribution in [3.05, 3.63) is 71.8 Å². The van der Waals surface area contributed by atoms with E-state index in [-0.39, 0.29) is 19.3 Å². The minimum absolute atomic E-state index is 0.0362. The maximum Gasteiger partial charge on any atom is 0.397 e. The van der Waals surface area contributed by atoms with E-state index in [9.17, 15) is 37.6 Å². The summed E-state index contributed by atoms with van der Waals surface area (Å²) < 4.78 is 55.3. The van der Waals surface area contributed by atoms with Crippen LogP contribution in [0.15, 0.2) is 60.7 Å². The van der Waals surface area contributed by atoms with Crippen LogP contribution in [-0.4, -0.2) is 84.4 Å². The predicted molar refractivity (Wildman–Crippen MR) is 247 cm³/mol. The Bertz CT molecular complexity index is 1650. The standard InChI is InChI=1S/C50H79NO12S/c1-2-3-4-5-6-7-8-15-26-35-42(60-45(54)36-27-16-11-9-13-20-29-40-31-22-18-23-32-40)38-44(53)51-47-49(48(63-64(57,58)59)43(39-52)61-50(47)56)62-46(55)37-28-17-12-10-14-21-30-41-33-24-19-25-34-41/h18-19,22-25,31-34,42-43,47-50,52,56H,2-17,20-21,26-30,35-39H2,1H3,(H,51,53)(H,57,58,59). The number of benzene rings is 2. The third-order valence-electron chi connectivity index (χ3n) is 11.9. The van der Waals surface area contributed by atoms with Crippen molar-refractivity contribution in [3.63, 3.8) is 0 Å². The smallest absolute Gasteiger partial charge is 0.397 e. The van der Waals surface area contributed by atoms with E-state index in [0.29, 0.717) is 19.3 Å². The number of rotatable bonds is 36. The molecule has 6 atom stereocenters. The molecule has 2 aromatic carbocycles. The van der Waals surface area contributed by atoms with Crippen molar-refractivity contribution in [1.29, 1.82) is 0 Å². The van der Waals surface area contributed by atoms with E-state index in [1.54, 1.807) is 0 Å². The van der Waals surface area contributed by atoms with E-state index in [1.165, 1.54) is 43.2 Å². The number of amides is 1. The Morgan fingerprint density at radius 2 is 1.12 bits per heavy atom. The summed E-state index contributed by atoms with van der Waals surface area (Å²) in [5.41, 5.74) is 2.64. The van der Waals surface area contributed by atoms with E-state index >= 15 is 0 Å². The molecule has 0 aromatic heterocycles. The van der Waals surface area contributed by atoms with Gasteiger partial charge in [0.25, 0.3) is 0 Å². The van der Waals surface area contributed by atoms with Gasteiger partial charge in [-0.05, 0) is 62.5 Å². The van der Waals surface area contributed by atoms with Crippen molar-refractivity contribution in [2.45, 2.75) is 217 Å². The van der Waals surface area contributed by atoms with Crippen LogP contribution in [0.5, 0.6) is 0 Å². The molecule has 13 nitrogen and oxygen atoms in total. The van der Waals surface area contributed by atoms with Gasteiger partial charge in [0.1, 0.15) is 24.4 Å². The lowest BCUT2D eigenvalue weighted by Gasteiger charge is -2.43. The zero-order valence-corrected chi connectivity index (χ0v) is 39.3. The Balaban J connectivity index is 1.55. The summed E-state index contributed by atoms with van der Waals surface area (Å²) in [6.45, 7) is 1.33. The lowest BCUT2D eigenvalue weighted by molar-refractivity contribution is -0.254. The van der Waals surface area contributed by atoms with E-state index in [4.69, 9.17) is 18.4 Å². The zero-order valence-electron chi connectivity index (χ0n) is 38.5. The van der Waals surface area contributed by atoms with Gasteiger partial charge in [-0.25, -0.2) is 4.18 Å². The second-order valence-corrected chi connectivity index (χ2v) is 18.5. The number of ether oxygens (including phenoxy) is 3. The molecule has 1 saturated heterocycles. The summed E-state index contributed by atoms with van der Waals surface area (Å²) in [6, 6.07) is 19.1. The van der Waals surface area contributed by atoms with Gasteiger partial charge in [-0.1, -0.05) is 170 Å². The predicted octanol–water partition coefficient (Wildman–Crippen LogP) is 9.45. The number of hydrogen-bond donors (Lipinski definition) is 4. The number of carbonyl (C=O) groups is 3. The van der Waals surface area contributed by atoms with Crippen LogP contribution in [0.2, 0.25) is 0 Å². The summed E-state index contributed by atoms with van der Waals surface area (Å²) in [4.78, 5) is 40.0. The van der Waals surface area contributed by atoms with Crippen molar-refractivity contribution < 1.29 is 56.0 Å². The van der Waals surface area contributed by atoms with Crippen LogP contribution in [0, 0.1) is 0 Å². The van der Waals surface area contributed by atoms with E-state index < -0.39 is 71.6 Å². The zero-order chi connectivity index (χ0) is 46.3. The largest absolute Gasteiger partial charge is 0.462 e. The number of unbranched alkanes of at least 4 members (excludes halogenated alkanes) is 18. The number of carbonyl (C=O) groups excluding carboxylic acids is 3. The molecule has 1 heterocycles. The number of hydrogen-bond acceptors (Lipinski definition) is 11. The first-order valence-corrected chi connectivity index (χ1v) is 25.7. The molecule has 0 bridgehead atoms. The fourth-order valence-corrected chi connectivity index (χ4v) is 8.82. The highest BCUT2D eigenvalue weighted by Gasteiger charge is 2.50. The first kappa shape index (κ1) is 54.9. The maximum absolute atomic E-state index is 13.7. The van der Waals surface area contributed by atoms with Crippen molar-refractivity contribution in [3.8, 4) is 0 Å². The molecule has 64 heavy (non-hydrogen) atoms. The Morgan fingerprint density at radius 3 is 1.62 bits per heavy atom. The molecule has 0 radical (unpaired) electrons. The quantitative estimate of drug-likeness (QED) is 0.0288. The third-order valence-corrected chi connectivity index (χ3v) is 12.4. The average molecular weight is 918 g/mol. The Labute approximate surface area is 383 Å². The summed E-state index contributed by atoms with van der Waals surface area (Å²) in [5.74, 6) is -1.81. The maximum atomic E-state index is 13.7. The summed E-state index contributed by atoms with van der Waals surface area (Å²) >= 11 is 0. The van der Waals surface area contributed by atoms with Crippen LogP contribution in [-0.2, 0) is 56.0 Å². The van der Waals surface area contributed by atoms with Gasteiger partial charge in [0.15, 0.2) is 12.4 Å². The topological polar surface area (TPSA) is 195 Å². The average Bonchev–Trinajstić information content (AvgIpc) is 3.27. The number of aryl methyl sites for hydroxylation is 2. The molecule has 2 aromatic rings. The first-order valence-electron chi connectivity index (χ1n) is 24.3. The van der Waals surface area contributed by atoms with Gasteiger partial charge in [-0.2, -0.15) is 8.42 Å². The molecule has 6 unspecified atom stereocenters. The first-order chi connectivity index (χ1) is 31.0. The summed E-state index contributed by atoms with van der Waals surface area (Å²) in [7, 11) is -5.17. The van der Waals surface area contributed by atoms with Gasteiger partial charge in [0, 0.05) is 12.8 Å². The molecule has 0 spiro atoms. The number of esters is 2. The molecule has 14 heteroatoms. The molecule has 1 fully saturated rings. The molecule has 0 saturated carbocycles. The van der Waals surface area contributed by atoms with Gasteiger partial charge in [0.2, 0.25) is 5.91 Å². The Hall–Kier alpha value is -3.40. The van der Waals surface area contributed by atoms with Crippen molar-refractivity contribution in [2.24, 2.45) is 0 Å². The molecule has 1 amide bonds. The second-order valence-electron chi connectivity index (χ2n) is 17.4. The normalized spacial score (nSPS) is 19.2. The highest BCUT2D eigenvalue weighted by molar-refractivity contribution is 7.80. The molecule has 0 aliphatic carbocycles. The minimum Gasteiger partial charge on any atom is -0.462 e. The van der Waals surface area contributed by atoms with E-state index in [0.717, 1.165) is 103 Å². The third kappa shape index (κ3) is 24.8. The fraction of sp³-hybridized carbons (Fsp3) is 0.700. The summed E-state index contributed by atoms with van der Waals surface area (Å²) in [6.07, 6.45) is 15.7. The number of aliphatic hydroxyl groups excluding tert-OH is 2. The highest BCUT2D eigenvalue weighted by Crippen LogP contribution is 2.28. The second kappa shape index (κ2) is 33.1. The van der Waals surface area contributed by atoms with Gasteiger partial charge in [-0.15, -0.1) is 0 Å². The van der Waals surface area contributed by atoms with E-state index in [1.807, 2.05) is 24.3 Å². The molecule has 3 rings (SSSR count). The molecular formula is C50H79NO12S. The Kier molecular flexibility index (Phi) is 28.4. The monoisotopic (exact) mass is 918 g/mol. The fourth-order valence-electron chi connectivity index (χ4n) is 8.31. The van der Waals surface area contributed by atoms with Crippen LogP contribution in [0.4, 0.5) is 0 Å². The van der Waals surface area contributed by atoms with E-state index in [2.05, 4.69) is 48.6 Å². The minimum atomic E-state index is -5.17.